The summed E-state index contributed by atoms with van der Waals surface area (Å²) in [6, 6.07) is 3.47. The second-order valence-electron chi connectivity index (χ2n) is 2.78. The summed E-state index contributed by atoms with van der Waals surface area (Å²) >= 11 is 5.68. The lowest BCUT2D eigenvalue weighted by molar-refractivity contribution is -0.131. The van der Waals surface area contributed by atoms with Crippen molar-refractivity contribution in [3.8, 4) is 0 Å². The Balaban J connectivity index is 2.77. The van der Waals surface area contributed by atoms with E-state index >= 15 is 0 Å². The molecule has 4 nitrogen and oxygen atoms in total. The van der Waals surface area contributed by atoms with Crippen LogP contribution in [0.25, 0.3) is 0 Å². The van der Waals surface area contributed by atoms with Crippen molar-refractivity contribution < 1.29 is 19.1 Å². The summed E-state index contributed by atoms with van der Waals surface area (Å²) in [6.07, 6.45) is 1.48. The number of carbonyl (C=O) groups excluding carboxylic acids is 1. The third-order valence-corrected chi connectivity index (χ3v) is 1.89. The minimum Gasteiger partial charge on any atom is -0.478 e. The van der Waals surface area contributed by atoms with E-state index in [1.807, 2.05) is 0 Å². The molecule has 84 valence electrons. The number of aliphatic carboxylic acids is 1. The van der Waals surface area contributed by atoms with Gasteiger partial charge in [-0.2, -0.15) is 0 Å². The molecule has 0 spiro atoms. The molecule has 0 saturated heterocycles. The SMILES string of the molecule is O=C(O)/C=C/C(=O)Nc1cc(F)ccc1Cl. The van der Waals surface area contributed by atoms with Crippen molar-refractivity contribution in [2.24, 2.45) is 0 Å². The fourth-order valence-corrected chi connectivity index (χ4v) is 1.08. The van der Waals surface area contributed by atoms with E-state index in [2.05, 4.69) is 5.32 Å². The molecule has 1 aromatic rings. The van der Waals surface area contributed by atoms with Crippen LogP contribution in [0.3, 0.4) is 0 Å². The van der Waals surface area contributed by atoms with Crippen LogP contribution in [0, 0.1) is 5.82 Å². The molecule has 0 aromatic heterocycles. The van der Waals surface area contributed by atoms with Crippen LogP contribution in [0.2, 0.25) is 5.02 Å². The van der Waals surface area contributed by atoms with Gasteiger partial charge in [0.2, 0.25) is 5.91 Å². The highest BCUT2D eigenvalue weighted by Crippen LogP contribution is 2.22. The van der Waals surface area contributed by atoms with Crippen LogP contribution in [0.4, 0.5) is 10.1 Å². The van der Waals surface area contributed by atoms with Gasteiger partial charge in [-0.3, -0.25) is 4.79 Å². The molecule has 0 heterocycles. The Bertz CT molecular complexity index is 459. The molecule has 0 fully saturated rings. The first-order chi connectivity index (χ1) is 7.49. The molecule has 0 bridgehead atoms. The number of rotatable bonds is 3. The first-order valence-electron chi connectivity index (χ1n) is 4.16. The quantitative estimate of drug-likeness (QED) is 0.799. The zero-order valence-corrected chi connectivity index (χ0v) is 8.66. The molecule has 2 N–H and O–H groups in total. The van der Waals surface area contributed by atoms with Crippen LogP contribution in [-0.2, 0) is 9.59 Å². The maximum Gasteiger partial charge on any atom is 0.328 e. The Morgan fingerprint density at radius 3 is 2.69 bits per heavy atom. The van der Waals surface area contributed by atoms with Gasteiger partial charge < -0.3 is 10.4 Å². The zero-order chi connectivity index (χ0) is 12.1. The monoisotopic (exact) mass is 243 g/mol. The number of halogens is 2. The van der Waals surface area contributed by atoms with Crippen LogP contribution in [0.1, 0.15) is 0 Å². The highest BCUT2D eigenvalue weighted by molar-refractivity contribution is 6.33. The Hall–Kier alpha value is -1.88. The maximum atomic E-state index is 12.8. The summed E-state index contributed by atoms with van der Waals surface area (Å²) in [7, 11) is 0. The highest BCUT2D eigenvalue weighted by atomic mass is 35.5. The molecule has 1 rings (SSSR count). The van der Waals surface area contributed by atoms with E-state index in [1.165, 1.54) is 6.07 Å². The topological polar surface area (TPSA) is 66.4 Å². The highest BCUT2D eigenvalue weighted by Gasteiger charge is 2.04. The van der Waals surface area contributed by atoms with E-state index in [9.17, 15) is 14.0 Å². The van der Waals surface area contributed by atoms with Crippen LogP contribution in [0.15, 0.2) is 30.4 Å². The number of benzene rings is 1. The maximum absolute atomic E-state index is 12.8. The smallest absolute Gasteiger partial charge is 0.328 e. The van der Waals surface area contributed by atoms with Crippen molar-refractivity contribution in [1.29, 1.82) is 0 Å². The van der Waals surface area contributed by atoms with Gasteiger partial charge in [-0.05, 0) is 18.2 Å². The van der Waals surface area contributed by atoms with Crippen LogP contribution < -0.4 is 5.32 Å². The van der Waals surface area contributed by atoms with Crippen LogP contribution in [-0.4, -0.2) is 17.0 Å². The summed E-state index contributed by atoms with van der Waals surface area (Å²) < 4.78 is 12.8. The summed E-state index contributed by atoms with van der Waals surface area (Å²) in [4.78, 5) is 21.3. The lowest BCUT2D eigenvalue weighted by Gasteiger charge is -2.04. The lowest BCUT2D eigenvalue weighted by atomic mass is 10.3. The largest absolute Gasteiger partial charge is 0.478 e. The number of hydrogen-bond acceptors (Lipinski definition) is 2. The standard InChI is InChI=1S/C10H7ClFNO3/c11-7-2-1-6(12)5-8(7)13-9(14)3-4-10(15)16/h1-5H,(H,13,14)(H,15,16)/b4-3+. The van der Waals surface area contributed by atoms with Gasteiger partial charge in [-0.15, -0.1) is 0 Å². The van der Waals surface area contributed by atoms with Crippen molar-refractivity contribution in [3.63, 3.8) is 0 Å². The van der Waals surface area contributed by atoms with Crippen molar-refractivity contribution in [3.05, 3.63) is 41.2 Å². The van der Waals surface area contributed by atoms with Gasteiger partial charge in [0.25, 0.3) is 0 Å². The first kappa shape index (κ1) is 12.2. The van der Waals surface area contributed by atoms with Crippen LogP contribution in [0.5, 0.6) is 0 Å². The van der Waals surface area contributed by atoms with Gasteiger partial charge in [0, 0.05) is 12.2 Å². The molecular formula is C10H7ClFNO3. The number of nitrogens with one attached hydrogen (secondary N) is 1. The third-order valence-electron chi connectivity index (χ3n) is 1.56. The van der Waals surface area contributed by atoms with Gasteiger partial charge in [0.15, 0.2) is 0 Å². The van der Waals surface area contributed by atoms with E-state index in [-0.39, 0.29) is 10.7 Å². The molecule has 0 aliphatic rings. The second kappa shape index (κ2) is 5.27. The van der Waals surface area contributed by atoms with Crippen molar-refractivity contribution in [1.82, 2.24) is 0 Å². The second-order valence-corrected chi connectivity index (χ2v) is 3.19. The van der Waals surface area contributed by atoms with Gasteiger partial charge >= 0.3 is 5.97 Å². The minimum absolute atomic E-state index is 0.0849. The van der Waals surface area contributed by atoms with Gasteiger partial charge in [-0.25, -0.2) is 9.18 Å². The van der Waals surface area contributed by atoms with E-state index in [1.54, 1.807) is 0 Å². The van der Waals surface area contributed by atoms with Gasteiger partial charge in [0.1, 0.15) is 5.82 Å². The Labute approximate surface area is 95.3 Å². The van der Waals surface area contributed by atoms with E-state index in [4.69, 9.17) is 16.7 Å². The molecule has 0 unspecified atom stereocenters. The lowest BCUT2D eigenvalue weighted by Crippen LogP contribution is -2.09. The molecule has 16 heavy (non-hydrogen) atoms. The summed E-state index contributed by atoms with van der Waals surface area (Å²) in [5, 5.41) is 10.7. The molecule has 0 saturated carbocycles. The number of amides is 1. The van der Waals surface area contributed by atoms with E-state index < -0.39 is 17.7 Å². The molecular weight excluding hydrogens is 237 g/mol. The van der Waals surface area contributed by atoms with E-state index in [0.29, 0.717) is 6.08 Å². The van der Waals surface area contributed by atoms with E-state index in [0.717, 1.165) is 18.2 Å². The number of carboxylic acid groups (broad SMARTS) is 1. The molecule has 0 radical (unpaired) electrons. The molecule has 1 amide bonds. The molecule has 0 aliphatic heterocycles. The molecule has 0 aliphatic carbocycles. The predicted molar refractivity (Wildman–Crippen MR) is 56.8 cm³/mol. The normalized spacial score (nSPS) is 10.4. The summed E-state index contributed by atoms with van der Waals surface area (Å²) in [6.45, 7) is 0. The Morgan fingerprint density at radius 1 is 1.38 bits per heavy atom. The molecule has 1 aromatic carbocycles. The number of anilines is 1. The summed E-state index contributed by atoms with van der Waals surface area (Å²) in [5.41, 5.74) is 0.0849. The zero-order valence-electron chi connectivity index (χ0n) is 7.91. The number of carboxylic acids is 1. The van der Waals surface area contributed by atoms with Gasteiger partial charge in [-0.1, -0.05) is 11.6 Å². The fourth-order valence-electron chi connectivity index (χ4n) is 0.915. The first-order valence-corrected chi connectivity index (χ1v) is 4.54. The average molecular weight is 244 g/mol. The van der Waals surface area contributed by atoms with Crippen molar-refractivity contribution in [2.45, 2.75) is 0 Å². The van der Waals surface area contributed by atoms with Gasteiger partial charge in [0.05, 0.1) is 10.7 Å². The molecule has 0 atom stereocenters. The Morgan fingerprint density at radius 2 is 2.06 bits per heavy atom. The number of hydrogen-bond donors (Lipinski definition) is 2. The third kappa shape index (κ3) is 3.70. The van der Waals surface area contributed by atoms with Crippen LogP contribution >= 0.6 is 11.6 Å². The van der Waals surface area contributed by atoms with Crippen molar-refractivity contribution in [2.75, 3.05) is 5.32 Å². The predicted octanol–water partition coefficient (Wildman–Crippen LogP) is 2.06. The van der Waals surface area contributed by atoms with Crippen molar-refractivity contribution >= 4 is 29.2 Å². The summed E-state index contributed by atoms with van der Waals surface area (Å²) in [5.74, 6) is -2.50. The fraction of sp³-hybridized carbons (Fsp3) is 0. The number of carbonyl (C=O) groups is 2. The Kier molecular flexibility index (Phi) is 4.02. The molecule has 6 heteroatoms. The minimum atomic E-state index is -1.25. The average Bonchev–Trinajstić information content (AvgIpc) is 2.20.